The molecular weight excluding hydrogens is 196 g/mol. The number of nitrogens with zero attached hydrogens (tertiary/aromatic N) is 2. The van der Waals surface area contributed by atoms with E-state index in [0.717, 1.165) is 25.3 Å². The van der Waals surface area contributed by atoms with E-state index in [0.29, 0.717) is 6.04 Å². The molecule has 2 heteroatoms. The van der Waals surface area contributed by atoms with E-state index >= 15 is 0 Å². The molecule has 0 aliphatic rings. The normalized spacial score (nSPS) is 14.2. The summed E-state index contributed by atoms with van der Waals surface area (Å²) in [4.78, 5) is 2.41. The molecule has 0 N–H and O–H groups in total. The lowest BCUT2D eigenvalue weighted by Gasteiger charge is -2.27. The number of rotatable bonds is 7. The van der Waals surface area contributed by atoms with Crippen LogP contribution in [0, 0.1) is 22.7 Å². The number of nitriles is 1. The third kappa shape index (κ3) is 6.85. The predicted octanol–water partition coefficient (Wildman–Crippen LogP) is 3.68. The van der Waals surface area contributed by atoms with Gasteiger partial charge in [-0.05, 0) is 59.5 Å². The van der Waals surface area contributed by atoms with E-state index < -0.39 is 0 Å². The van der Waals surface area contributed by atoms with Gasteiger partial charge in [0.2, 0.25) is 0 Å². The van der Waals surface area contributed by atoms with E-state index in [4.69, 9.17) is 5.26 Å². The summed E-state index contributed by atoms with van der Waals surface area (Å²) in [5.74, 6) is 0.757. The maximum absolute atomic E-state index is 8.92. The number of hydrogen-bond acceptors (Lipinski definition) is 2. The fraction of sp³-hybridized carbons (Fsp3) is 0.929. The smallest absolute Gasteiger partial charge is 0.0683 e. The lowest BCUT2D eigenvalue weighted by atomic mass is 9.89. The highest BCUT2D eigenvalue weighted by atomic mass is 15.1. The van der Waals surface area contributed by atoms with E-state index in [1.165, 1.54) is 6.42 Å². The maximum atomic E-state index is 8.92. The largest absolute Gasteiger partial charge is 0.304 e. The van der Waals surface area contributed by atoms with Crippen LogP contribution in [0.5, 0.6) is 0 Å². The summed E-state index contributed by atoms with van der Waals surface area (Å²) < 4.78 is 0. The third-order valence-electron chi connectivity index (χ3n) is 3.18. The molecule has 1 atom stereocenters. The highest BCUT2D eigenvalue weighted by Gasteiger charge is 2.17. The van der Waals surface area contributed by atoms with Gasteiger partial charge in [-0.2, -0.15) is 5.26 Å². The summed E-state index contributed by atoms with van der Waals surface area (Å²) in [6.45, 7) is 12.0. The van der Waals surface area contributed by atoms with Crippen LogP contribution in [0.3, 0.4) is 0 Å². The van der Waals surface area contributed by atoms with Crippen LogP contribution in [0.2, 0.25) is 0 Å². The van der Waals surface area contributed by atoms with Crippen LogP contribution in [0.25, 0.3) is 0 Å². The Balaban J connectivity index is 3.82. The Bertz CT molecular complexity index is 225. The molecule has 2 nitrogen and oxygen atoms in total. The molecule has 0 aromatic carbocycles. The predicted molar refractivity (Wildman–Crippen MR) is 70.2 cm³/mol. The second-order valence-electron chi connectivity index (χ2n) is 6.06. The van der Waals surface area contributed by atoms with Crippen LogP contribution < -0.4 is 0 Å². The van der Waals surface area contributed by atoms with Crippen LogP contribution >= 0.6 is 0 Å². The quantitative estimate of drug-likeness (QED) is 0.659. The Morgan fingerprint density at radius 2 is 1.81 bits per heavy atom. The molecule has 94 valence electrons. The van der Waals surface area contributed by atoms with Crippen LogP contribution in [-0.4, -0.2) is 24.5 Å². The molecule has 16 heavy (non-hydrogen) atoms. The van der Waals surface area contributed by atoms with Gasteiger partial charge in [-0.3, -0.25) is 0 Å². The van der Waals surface area contributed by atoms with E-state index in [1.807, 2.05) is 13.8 Å². The first-order valence-corrected chi connectivity index (χ1v) is 6.40. The van der Waals surface area contributed by atoms with Gasteiger partial charge in [0.1, 0.15) is 0 Å². The van der Waals surface area contributed by atoms with E-state index in [2.05, 4.69) is 38.8 Å². The van der Waals surface area contributed by atoms with Crippen molar-refractivity contribution in [3.05, 3.63) is 0 Å². The number of hydrogen-bond donors (Lipinski definition) is 0. The Hall–Kier alpha value is -0.550. The summed E-state index contributed by atoms with van der Waals surface area (Å²) in [7, 11) is 2.19. The van der Waals surface area contributed by atoms with Crippen molar-refractivity contribution in [2.24, 2.45) is 11.3 Å². The Labute approximate surface area is 102 Å². The summed E-state index contributed by atoms with van der Waals surface area (Å²) >= 11 is 0. The fourth-order valence-electron chi connectivity index (χ4n) is 1.91. The average Bonchev–Trinajstić information content (AvgIpc) is 2.16. The van der Waals surface area contributed by atoms with Crippen LogP contribution in [0.4, 0.5) is 0 Å². The first-order valence-electron chi connectivity index (χ1n) is 6.40. The van der Waals surface area contributed by atoms with Crippen molar-refractivity contribution >= 4 is 0 Å². The fourth-order valence-corrected chi connectivity index (χ4v) is 1.91. The molecule has 0 bridgehead atoms. The lowest BCUT2D eigenvalue weighted by Crippen LogP contribution is -2.31. The van der Waals surface area contributed by atoms with Crippen LogP contribution in [-0.2, 0) is 0 Å². The topological polar surface area (TPSA) is 27.0 Å². The molecule has 0 aromatic rings. The molecule has 0 amide bonds. The highest BCUT2D eigenvalue weighted by Crippen LogP contribution is 2.21. The summed E-state index contributed by atoms with van der Waals surface area (Å²) in [5.41, 5.74) is -0.165. The minimum Gasteiger partial charge on any atom is -0.304 e. The van der Waals surface area contributed by atoms with E-state index in [1.54, 1.807) is 0 Å². The molecular formula is C14H28N2. The molecule has 0 aliphatic carbocycles. The molecule has 1 unspecified atom stereocenters. The van der Waals surface area contributed by atoms with Gasteiger partial charge in [0, 0.05) is 6.04 Å². The molecule has 0 radical (unpaired) electrons. The van der Waals surface area contributed by atoms with Crippen molar-refractivity contribution in [2.45, 2.75) is 59.9 Å². The Morgan fingerprint density at radius 3 is 2.25 bits per heavy atom. The van der Waals surface area contributed by atoms with E-state index in [9.17, 15) is 0 Å². The minimum absolute atomic E-state index is 0.165. The summed E-state index contributed by atoms with van der Waals surface area (Å²) in [5, 5.41) is 8.92. The zero-order valence-corrected chi connectivity index (χ0v) is 11.9. The van der Waals surface area contributed by atoms with Crippen molar-refractivity contribution in [3.63, 3.8) is 0 Å². The minimum atomic E-state index is -0.165. The zero-order chi connectivity index (χ0) is 12.8. The third-order valence-corrected chi connectivity index (χ3v) is 3.18. The molecule has 0 fully saturated rings. The average molecular weight is 224 g/mol. The first-order chi connectivity index (χ1) is 7.28. The molecule has 0 aliphatic heterocycles. The van der Waals surface area contributed by atoms with Crippen molar-refractivity contribution in [3.8, 4) is 6.07 Å². The monoisotopic (exact) mass is 224 g/mol. The zero-order valence-electron chi connectivity index (χ0n) is 11.9. The Kier molecular flexibility index (Phi) is 6.67. The summed E-state index contributed by atoms with van der Waals surface area (Å²) in [6.07, 6.45) is 3.35. The highest BCUT2D eigenvalue weighted by molar-refractivity contribution is 4.91. The Morgan fingerprint density at radius 1 is 1.25 bits per heavy atom. The van der Waals surface area contributed by atoms with Crippen molar-refractivity contribution in [2.75, 3.05) is 13.6 Å². The molecule has 0 rings (SSSR count). The van der Waals surface area contributed by atoms with Gasteiger partial charge in [-0.25, -0.2) is 0 Å². The standard InChI is InChI=1S/C14H28N2/c1-12(2)10-13(3)16(6)9-7-8-14(4,5)11-15/h12-13H,7-10H2,1-6H3. The van der Waals surface area contributed by atoms with Crippen LogP contribution in [0.1, 0.15) is 53.9 Å². The molecule has 0 aromatic heterocycles. The van der Waals surface area contributed by atoms with E-state index in [-0.39, 0.29) is 5.41 Å². The first kappa shape index (κ1) is 15.4. The van der Waals surface area contributed by atoms with Gasteiger partial charge in [0.05, 0.1) is 11.5 Å². The SMILES string of the molecule is CC(C)CC(C)N(C)CCCC(C)(C)C#N. The lowest BCUT2D eigenvalue weighted by molar-refractivity contribution is 0.217. The van der Waals surface area contributed by atoms with Crippen LogP contribution in [0.15, 0.2) is 0 Å². The van der Waals surface area contributed by atoms with Crippen molar-refractivity contribution < 1.29 is 0 Å². The summed E-state index contributed by atoms with van der Waals surface area (Å²) in [6, 6.07) is 3.00. The maximum Gasteiger partial charge on any atom is 0.0683 e. The second kappa shape index (κ2) is 6.91. The molecule has 0 saturated heterocycles. The van der Waals surface area contributed by atoms with Gasteiger partial charge in [0.15, 0.2) is 0 Å². The van der Waals surface area contributed by atoms with Crippen molar-refractivity contribution in [1.82, 2.24) is 4.90 Å². The van der Waals surface area contributed by atoms with Gasteiger partial charge in [-0.1, -0.05) is 13.8 Å². The van der Waals surface area contributed by atoms with Gasteiger partial charge in [0.25, 0.3) is 0 Å². The molecule has 0 spiro atoms. The molecule has 0 saturated carbocycles. The van der Waals surface area contributed by atoms with Crippen molar-refractivity contribution in [1.29, 1.82) is 5.26 Å². The molecule has 0 heterocycles. The second-order valence-corrected chi connectivity index (χ2v) is 6.06. The van der Waals surface area contributed by atoms with Gasteiger partial charge < -0.3 is 4.90 Å². The van der Waals surface area contributed by atoms with Gasteiger partial charge in [-0.15, -0.1) is 0 Å². The van der Waals surface area contributed by atoms with Gasteiger partial charge >= 0.3 is 0 Å².